The van der Waals surface area contributed by atoms with Crippen LogP contribution in [0.5, 0.6) is 5.75 Å². The van der Waals surface area contributed by atoms with E-state index in [1.807, 2.05) is 42.5 Å². The lowest BCUT2D eigenvalue weighted by Gasteiger charge is -2.32. The van der Waals surface area contributed by atoms with Crippen LogP contribution in [0, 0.1) is 0 Å². The van der Waals surface area contributed by atoms with Gasteiger partial charge in [0.1, 0.15) is 5.75 Å². The SMILES string of the molecule is O=C(Nc1cc(Br)ccc1N1CCCc2ccccc21)Oc1ccccc1. The summed E-state index contributed by atoms with van der Waals surface area (Å²) >= 11 is 3.50. The van der Waals surface area contributed by atoms with Gasteiger partial charge in [-0.3, -0.25) is 5.32 Å². The lowest BCUT2D eigenvalue weighted by atomic mass is 10.0. The molecule has 0 aliphatic carbocycles. The third-order valence-electron chi connectivity index (χ3n) is 4.55. The van der Waals surface area contributed by atoms with Crippen molar-refractivity contribution in [2.75, 3.05) is 16.8 Å². The Hall–Kier alpha value is -2.79. The van der Waals surface area contributed by atoms with Crippen molar-refractivity contribution >= 4 is 39.1 Å². The molecule has 0 aromatic heterocycles. The first-order valence-electron chi connectivity index (χ1n) is 8.89. The summed E-state index contributed by atoms with van der Waals surface area (Å²) in [4.78, 5) is 14.7. The molecule has 0 saturated carbocycles. The number of benzene rings is 3. The molecule has 0 bridgehead atoms. The summed E-state index contributed by atoms with van der Waals surface area (Å²) in [6, 6.07) is 23.4. The maximum Gasteiger partial charge on any atom is 0.417 e. The van der Waals surface area contributed by atoms with Crippen molar-refractivity contribution in [1.82, 2.24) is 0 Å². The number of hydrogen-bond donors (Lipinski definition) is 1. The fraction of sp³-hybridized carbons (Fsp3) is 0.136. The van der Waals surface area contributed by atoms with Crippen LogP contribution in [-0.4, -0.2) is 12.6 Å². The number of anilines is 3. The summed E-state index contributed by atoms with van der Waals surface area (Å²) < 4.78 is 6.28. The predicted octanol–water partition coefficient (Wildman–Crippen LogP) is 6.14. The van der Waals surface area contributed by atoms with Crippen molar-refractivity contribution < 1.29 is 9.53 Å². The third-order valence-corrected chi connectivity index (χ3v) is 5.04. The Labute approximate surface area is 166 Å². The Morgan fingerprint density at radius 1 is 0.963 bits per heavy atom. The molecule has 0 radical (unpaired) electrons. The van der Waals surface area contributed by atoms with Crippen molar-refractivity contribution in [2.24, 2.45) is 0 Å². The zero-order valence-corrected chi connectivity index (χ0v) is 16.3. The summed E-state index contributed by atoms with van der Waals surface area (Å²) in [6.07, 6.45) is 1.63. The van der Waals surface area contributed by atoms with Crippen LogP contribution in [0.1, 0.15) is 12.0 Å². The van der Waals surface area contributed by atoms with E-state index in [0.717, 1.165) is 29.5 Å². The summed E-state index contributed by atoms with van der Waals surface area (Å²) in [7, 11) is 0. The standard InChI is InChI=1S/C22H19BrN2O2/c23-17-12-13-21(25-14-6-8-16-7-4-5-11-20(16)25)19(15-17)24-22(26)27-18-9-2-1-3-10-18/h1-5,7,9-13,15H,6,8,14H2,(H,24,26). The summed E-state index contributed by atoms with van der Waals surface area (Å²) in [5.41, 5.74) is 4.17. The first-order chi connectivity index (χ1) is 13.2. The summed E-state index contributed by atoms with van der Waals surface area (Å²) in [6.45, 7) is 0.904. The maximum atomic E-state index is 12.4. The van der Waals surface area contributed by atoms with E-state index in [0.29, 0.717) is 11.4 Å². The highest BCUT2D eigenvalue weighted by Gasteiger charge is 2.21. The van der Waals surface area contributed by atoms with Crippen LogP contribution in [0.4, 0.5) is 21.9 Å². The van der Waals surface area contributed by atoms with Gasteiger partial charge in [-0.1, -0.05) is 52.3 Å². The van der Waals surface area contributed by atoms with E-state index in [2.05, 4.69) is 44.3 Å². The van der Waals surface area contributed by atoms with E-state index in [4.69, 9.17) is 4.74 Å². The quantitative estimate of drug-likeness (QED) is 0.550. The number of fused-ring (bicyclic) bond motifs is 1. The fourth-order valence-electron chi connectivity index (χ4n) is 3.36. The average Bonchev–Trinajstić information content (AvgIpc) is 2.68. The fourth-order valence-corrected chi connectivity index (χ4v) is 3.72. The lowest BCUT2D eigenvalue weighted by Crippen LogP contribution is -2.26. The molecule has 0 atom stereocenters. The molecule has 3 aromatic rings. The van der Waals surface area contributed by atoms with Gasteiger partial charge in [0.2, 0.25) is 0 Å². The Kier molecular flexibility index (Phi) is 5.12. The van der Waals surface area contributed by atoms with Crippen molar-refractivity contribution in [1.29, 1.82) is 0 Å². The molecule has 3 aromatic carbocycles. The van der Waals surface area contributed by atoms with Crippen LogP contribution in [0.2, 0.25) is 0 Å². The molecule has 1 aliphatic heterocycles. The molecular weight excluding hydrogens is 404 g/mol. The molecule has 1 N–H and O–H groups in total. The number of rotatable bonds is 3. The number of halogens is 1. The van der Waals surface area contributed by atoms with Gasteiger partial charge in [0.05, 0.1) is 11.4 Å². The predicted molar refractivity (Wildman–Crippen MR) is 112 cm³/mol. The molecule has 1 heterocycles. The molecule has 5 heteroatoms. The van der Waals surface area contributed by atoms with Crippen molar-refractivity contribution in [3.05, 3.63) is 82.8 Å². The second-order valence-electron chi connectivity index (χ2n) is 6.37. The van der Waals surface area contributed by atoms with Gasteiger partial charge in [-0.2, -0.15) is 0 Å². The topological polar surface area (TPSA) is 41.6 Å². The highest BCUT2D eigenvalue weighted by Crippen LogP contribution is 2.38. The van der Waals surface area contributed by atoms with Crippen molar-refractivity contribution in [2.45, 2.75) is 12.8 Å². The number of ether oxygens (including phenoxy) is 1. The summed E-state index contributed by atoms with van der Waals surface area (Å²) in [5, 5.41) is 2.90. The zero-order chi connectivity index (χ0) is 18.6. The third kappa shape index (κ3) is 3.98. The molecule has 0 spiro atoms. The lowest BCUT2D eigenvalue weighted by molar-refractivity contribution is 0.215. The van der Waals surface area contributed by atoms with Gasteiger partial charge in [0, 0.05) is 16.7 Å². The second kappa shape index (κ2) is 7.84. The maximum absolute atomic E-state index is 12.4. The van der Waals surface area contributed by atoms with Gasteiger partial charge >= 0.3 is 6.09 Å². The first kappa shape index (κ1) is 17.6. The van der Waals surface area contributed by atoms with Gasteiger partial charge in [-0.25, -0.2) is 4.79 Å². The highest BCUT2D eigenvalue weighted by atomic mass is 79.9. The monoisotopic (exact) mass is 422 g/mol. The minimum Gasteiger partial charge on any atom is -0.410 e. The van der Waals surface area contributed by atoms with Crippen LogP contribution in [0.15, 0.2) is 77.3 Å². The van der Waals surface area contributed by atoms with Crippen LogP contribution >= 0.6 is 15.9 Å². The molecule has 0 unspecified atom stereocenters. The molecule has 1 aliphatic rings. The van der Waals surface area contributed by atoms with E-state index in [-0.39, 0.29) is 0 Å². The minimum atomic E-state index is -0.508. The van der Waals surface area contributed by atoms with E-state index in [1.165, 1.54) is 11.3 Å². The number of hydrogen-bond acceptors (Lipinski definition) is 3. The van der Waals surface area contributed by atoms with E-state index >= 15 is 0 Å². The first-order valence-corrected chi connectivity index (χ1v) is 9.69. The molecule has 136 valence electrons. The second-order valence-corrected chi connectivity index (χ2v) is 7.29. The largest absolute Gasteiger partial charge is 0.417 e. The van der Waals surface area contributed by atoms with Crippen LogP contribution in [-0.2, 0) is 6.42 Å². The minimum absolute atomic E-state index is 0.508. The van der Waals surface area contributed by atoms with E-state index in [1.54, 1.807) is 12.1 Å². The normalized spacial score (nSPS) is 13.0. The van der Waals surface area contributed by atoms with Gasteiger partial charge < -0.3 is 9.64 Å². The Bertz CT molecular complexity index is 960. The molecular formula is C22H19BrN2O2. The number of amides is 1. The smallest absolute Gasteiger partial charge is 0.410 e. The Morgan fingerprint density at radius 2 is 1.74 bits per heavy atom. The van der Waals surface area contributed by atoms with E-state index in [9.17, 15) is 4.79 Å². The molecule has 0 saturated heterocycles. The number of para-hydroxylation sites is 2. The van der Waals surface area contributed by atoms with Crippen molar-refractivity contribution in [3.63, 3.8) is 0 Å². The van der Waals surface area contributed by atoms with Gasteiger partial charge in [0.25, 0.3) is 0 Å². The Balaban J connectivity index is 1.63. The van der Waals surface area contributed by atoms with Crippen LogP contribution in [0.25, 0.3) is 0 Å². The van der Waals surface area contributed by atoms with Crippen LogP contribution < -0.4 is 15.0 Å². The van der Waals surface area contributed by atoms with Gasteiger partial charge in [-0.05, 0) is 54.8 Å². The molecule has 27 heavy (non-hydrogen) atoms. The molecule has 4 rings (SSSR count). The zero-order valence-electron chi connectivity index (χ0n) is 14.7. The molecule has 0 fully saturated rings. The molecule has 1 amide bonds. The van der Waals surface area contributed by atoms with Gasteiger partial charge in [-0.15, -0.1) is 0 Å². The van der Waals surface area contributed by atoms with Gasteiger partial charge in [0.15, 0.2) is 0 Å². The number of nitrogens with zero attached hydrogens (tertiary/aromatic N) is 1. The van der Waals surface area contributed by atoms with Crippen molar-refractivity contribution in [3.8, 4) is 5.75 Å². The summed E-state index contributed by atoms with van der Waals surface area (Å²) in [5.74, 6) is 0.509. The average molecular weight is 423 g/mol. The number of carbonyl (C=O) groups excluding carboxylic acids is 1. The van der Waals surface area contributed by atoms with Crippen LogP contribution in [0.3, 0.4) is 0 Å². The number of aryl methyl sites for hydroxylation is 1. The molecule has 4 nitrogen and oxygen atoms in total. The Morgan fingerprint density at radius 3 is 2.59 bits per heavy atom. The highest BCUT2D eigenvalue weighted by molar-refractivity contribution is 9.10. The number of carbonyl (C=O) groups is 1. The number of nitrogens with one attached hydrogen (secondary N) is 1. The van der Waals surface area contributed by atoms with E-state index < -0.39 is 6.09 Å².